The van der Waals surface area contributed by atoms with Gasteiger partial charge in [-0.05, 0) is 36.3 Å². The van der Waals surface area contributed by atoms with Gasteiger partial charge >= 0.3 is 0 Å². The first-order valence-corrected chi connectivity index (χ1v) is 11.8. The van der Waals surface area contributed by atoms with Crippen LogP contribution < -0.4 is 10.6 Å². The topological polar surface area (TPSA) is 92.3 Å². The number of Topliss-reactive ketones (excluding diaryl/α,β-unsaturated/α-hetero) is 1. The molecule has 1 unspecified atom stereocenters. The Labute approximate surface area is 182 Å². The molecule has 0 fully saturated rings. The molecule has 2 N–H and O–H groups in total. The minimum absolute atomic E-state index is 0.0425. The molecule has 7 heteroatoms. The lowest BCUT2D eigenvalue weighted by Crippen LogP contribution is -2.28. The van der Waals surface area contributed by atoms with Gasteiger partial charge in [-0.15, -0.1) is 0 Å². The molecule has 1 aliphatic carbocycles. The standard InChI is InChI=1S/C24H24N2O4S/c1-2-16(17-7-4-3-5-8-17)14-26-24(28)18-11-12-23-20(13-18)25-15-19-21(27)9-6-10-22(19)31(23,29)30/h3-8,10-13,16,25H,2,9,14-15H2,1H3,(H,26,28). The summed E-state index contributed by atoms with van der Waals surface area (Å²) in [5.41, 5.74) is 2.12. The number of ketones is 1. The van der Waals surface area contributed by atoms with Crippen LogP contribution in [0.2, 0.25) is 0 Å². The van der Waals surface area contributed by atoms with Crippen LogP contribution in [0.25, 0.3) is 0 Å². The molecule has 1 amide bonds. The number of sulfone groups is 1. The number of fused-ring (bicyclic) bond motifs is 1. The molecule has 1 heterocycles. The minimum Gasteiger partial charge on any atom is -0.380 e. The molecule has 0 radical (unpaired) electrons. The number of anilines is 1. The summed E-state index contributed by atoms with van der Waals surface area (Å²) in [6.07, 6.45) is 4.15. The summed E-state index contributed by atoms with van der Waals surface area (Å²) >= 11 is 0. The van der Waals surface area contributed by atoms with Crippen molar-refractivity contribution in [3.8, 4) is 0 Å². The van der Waals surface area contributed by atoms with Gasteiger partial charge in [0.1, 0.15) is 0 Å². The molecule has 4 rings (SSSR count). The van der Waals surface area contributed by atoms with E-state index in [1.54, 1.807) is 12.1 Å². The summed E-state index contributed by atoms with van der Waals surface area (Å²) in [6, 6.07) is 14.5. The molecular formula is C24H24N2O4S. The van der Waals surface area contributed by atoms with E-state index in [-0.39, 0.29) is 45.9 Å². The third-order valence-electron chi connectivity index (χ3n) is 5.76. The number of benzene rings is 2. The van der Waals surface area contributed by atoms with Crippen LogP contribution in [-0.4, -0.2) is 33.2 Å². The van der Waals surface area contributed by atoms with E-state index in [1.807, 2.05) is 30.3 Å². The third kappa shape index (κ3) is 4.05. The van der Waals surface area contributed by atoms with Crippen molar-refractivity contribution >= 4 is 27.2 Å². The van der Waals surface area contributed by atoms with Crippen LogP contribution >= 0.6 is 0 Å². The second-order valence-electron chi connectivity index (χ2n) is 7.67. The number of amides is 1. The maximum absolute atomic E-state index is 13.1. The van der Waals surface area contributed by atoms with E-state index < -0.39 is 9.84 Å². The molecule has 31 heavy (non-hydrogen) atoms. The smallest absolute Gasteiger partial charge is 0.251 e. The monoisotopic (exact) mass is 436 g/mol. The summed E-state index contributed by atoms with van der Waals surface area (Å²) in [7, 11) is -3.84. The molecular weight excluding hydrogens is 412 g/mol. The highest BCUT2D eigenvalue weighted by Gasteiger charge is 2.32. The van der Waals surface area contributed by atoms with E-state index in [1.165, 1.54) is 18.2 Å². The highest BCUT2D eigenvalue weighted by Crippen LogP contribution is 2.35. The molecule has 160 valence electrons. The largest absolute Gasteiger partial charge is 0.380 e. The summed E-state index contributed by atoms with van der Waals surface area (Å²) in [6.45, 7) is 2.67. The lowest BCUT2D eigenvalue weighted by atomic mass is 9.96. The predicted octanol–water partition coefficient (Wildman–Crippen LogP) is 3.59. The molecule has 2 aromatic carbocycles. The second-order valence-corrected chi connectivity index (χ2v) is 9.55. The Kier molecular flexibility index (Phi) is 5.78. The number of allylic oxidation sites excluding steroid dienone is 2. The summed E-state index contributed by atoms with van der Waals surface area (Å²) < 4.78 is 26.2. The van der Waals surface area contributed by atoms with Crippen molar-refractivity contribution in [3.63, 3.8) is 0 Å². The molecule has 0 spiro atoms. The van der Waals surface area contributed by atoms with E-state index >= 15 is 0 Å². The Morgan fingerprint density at radius 3 is 2.68 bits per heavy atom. The number of carbonyl (C=O) groups is 2. The molecule has 1 atom stereocenters. The van der Waals surface area contributed by atoms with Crippen molar-refractivity contribution in [1.82, 2.24) is 5.32 Å². The highest BCUT2D eigenvalue weighted by molar-refractivity contribution is 7.95. The molecule has 2 aromatic rings. The summed E-state index contributed by atoms with van der Waals surface area (Å²) in [5.74, 6) is -0.279. The van der Waals surface area contributed by atoms with Crippen LogP contribution in [0.15, 0.2) is 76.1 Å². The van der Waals surface area contributed by atoms with E-state index in [9.17, 15) is 18.0 Å². The zero-order valence-corrected chi connectivity index (χ0v) is 18.0. The highest BCUT2D eigenvalue weighted by atomic mass is 32.2. The fraction of sp³-hybridized carbons (Fsp3) is 0.250. The number of hydrogen-bond acceptors (Lipinski definition) is 5. The quantitative estimate of drug-likeness (QED) is 0.747. The van der Waals surface area contributed by atoms with Gasteiger partial charge in [0.2, 0.25) is 9.84 Å². The SMILES string of the molecule is CCC(CNC(=O)c1ccc2c(c1)NCC1=C(C=CCC1=O)S2(=O)=O)c1ccccc1. The van der Waals surface area contributed by atoms with E-state index in [0.29, 0.717) is 17.8 Å². The van der Waals surface area contributed by atoms with Gasteiger partial charge < -0.3 is 10.6 Å². The van der Waals surface area contributed by atoms with Crippen LogP contribution in [0.4, 0.5) is 5.69 Å². The zero-order chi connectivity index (χ0) is 22.0. The van der Waals surface area contributed by atoms with E-state index in [2.05, 4.69) is 17.6 Å². The molecule has 0 saturated carbocycles. The van der Waals surface area contributed by atoms with Crippen molar-refractivity contribution in [1.29, 1.82) is 0 Å². The van der Waals surface area contributed by atoms with Gasteiger partial charge in [0.15, 0.2) is 5.78 Å². The Bertz CT molecular complexity index is 1200. The molecule has 0 aromatic heterocycles. The van der Waals surface area contributed by atoms with Crippen LogP contribution in [0.3, 0.4) is 0 Å². The van der Waals surface area contributed by atoms with Crippen LogP contribution in [0.1, 0.15) is 41.6 Å². The van der Waals surface area contributed by atoms with Gasteiger partial charge in [0, 0.05) is 36.6 Å². The Hall–Kier alpha value is -3.19. The Morgan fingerprint density at radius 1 is 1.16 bits per heavy atom. The minimum atomic E-state index is -3.84. The number of nitrogens with one attached hydrogen (secondary N) is 2. The maximum atomic E-state index is 13.1. The van der Waals surface area contributed by atoms with Gasteiger partial charge in [-0.3, -0.25) is 9.59 Å². The van der Waals surface area contributed by atoms with Crippen LogP contribution in [0.5, 0.6) is 0 Å². The summed E-state index contributed by atoms with van der Waals surface area (Å²) in [5, 5.41) is 5.99. The average Bonchev–Trinajstić information content (AvgIpc) is 2.89. The number of carbonyl (C=O) groups excluding carboxylic acids is 2. The Morgan fingerprint density at radius 2 is 1.94 bits per heavy atom. The first-order valence-electron chi connectivity index (χ1n) is 10.3. The van der Waals surface area contributed by atoms with Crippen LogP contribution in [0, 0.1) is 0 Å². The van der Waals surface area contributed by atoms with Crippen molar-refractivity contribution in [2.75, 3.05) is 18.4 Å². The second kappa shape index (κ2) is 8.51. The average molecular weight is 437 g/mol. The Balaban J connectivity index is 1.55. The zero-order valence-electron chi connectivity index (χ0n) is 17.2. The number of rotatable bonds is 5. The van der Waals surface area contributed by atoms with Gasteiger partial charge in [-0.1, -0.05) is 43.3 Å². The van der Waals surface area contributed by atoms with Gasteiger partial charge in [-0.2, -0.15) is 0 Å². The van der Waals surface area contributed by atoms with Gasteiger partial charge in [0.05, 0.1) is 15.5 Å². The predicted molar refractivity (Wildman–Crippen MR) is 120 cm³/mol. The van der Waals surface area contributed by atoms with Crippen molar-refractivity contribution in [3.05, 3.63) is 82.3 Å². The fourth-order valence-corrected chi connectivity index (χ4v) is 5.65. The van der Waals surface area contributed by atoms with Gasteiger partial charge in [-0.25, -0.2) is 8.42 Å². The molecule has 0 bridgehead atoms. The molecule has 2 aliphatic rings. The van der Waals surface area contributed by atoms with Crippen molar-refractivity contribution in [2.45, 2.75) is 30.6 Å². The lowest BCUT2D eigenvalue weighted by Gasteiger charge is -2.17. The van der Waals surface area contributed by atoms with Crippen molar-refractivity contribution in [2.24, 2.45) is 0 Å². The van der Waals surface area contributed by atoms with E-state index in [4.69, 9.17) is 0 Å². The normalized spacial score (nSPS) is 17.8. The van der Waals surface area contributed by atoms with E-state index in [0.717, 1.165) is 12.0 Å². The fourth-order valence-electron chi connectivity index (χ4n) is 3.96. The number of hydrogen-bond donors (Lipinski definition) is 2. The van der Waals surface area contributed by atoms with Crippen LogP contribution in [-0.2, 0) is 14.6 Å². The first-order chi connectivity index (χ1) is 14.9. The van der Waals surface area contributed by atoms with Gasteiger partial charge in [0.25, 0.3) is 5.91 Å². The molecule has 6 nitrogen and oxygen atoms in total. The summed E-state index contributed by atoms with van der Waals surface area (Å²) in [4.78, 5) is 25.1. The van der Waals surface area contributed by atoms with Crippen molar-refractivity contribution < 1.29 is 18.0 Å². The molecule has 1 aliphatic heterocycles. The third-order valence-corrected chi connectivity index (χ3v) is 7.65. The first kappa shape index (κ1) is 21.1. The lowest BCUT2D eigenvalue weighted by molar-refractivity contribution is -0.114. The maximum Gasteiger partial charge on any atom is 0.251 e. The molecule has 0 saturated heterocycles.